The van der Waals surface area contributed by atoms with E-state index in [1.807, 2.05) is 37.8 Å². The zero-order chi connectivity index (χ0) is 11.7. The molecule has 2 aromatic heterocycles. The average Bonchev–Trinajstić information content (AvgIpc) is 2.74. The molecule has 0 aliphatic carbocycles. The van der Waals surface area contributed by atoms with Crippen molar-refractivity contribution in [1.29, 1.82) is 0 Å². The van der Waals surface area contributed by atoms with Crippen LogP contribution in [0.3, 0.4) is 0 Å². The molecule has 2 aromatic rings. The summed E-state index contributed by atoms with van der Waals surface area (Å²) in [4.78, 5) is 0. The number of hydrogen-bond donors (Lipinski definition) is 1. The lowest BCUT2D eigenvalue weighted by molar-refractivity contribution is 0.629. The van der Waals surface area contributed by atoms with Gasteiger partial charge < -0.3 is 5.73 Å². The third-order valence-corrected chi connectivity index (χ3v) is 2.82. The molecular weight excluding hydrogens is 202 g/mol. The van der Waals surface area contributed by atoms with Crippen LogP contribution in [0.25, 0.3) is 0 Å². The van der Waals surface area contributed by atoms with Gasteiger partial charge in [-0.25, -0.2) is 0 Å². The fraction of sp³-hybridized carbons (Fsp3) is 0.455. The van der Waals surface area contributed by atoms with Gasteiger partial charge in [0.1, 0.15) is 0 Å². The lowest BCUT2D eigenvalue weighted by Crippen LogP contribution is -2.06. The number of aromatic nitrogens is 4. The van der Waals surface area contributed by atoms with Crippen LogP contribution in [0.2, 0.25) is 0 Å². The summed E-state index contributed by atoms with van der Waals surface area (Å²) in [6.45, 7) is 5.28. The second-order valence-electron chi connectivity index (χ2n) is 3.99. The highest BCUT2D eigenvalue weighted by Gasteiger charge is 2.10. The van der Waals surface area contributed by atoms with Gasteiger partial charge >= 0.3 is 0 Å². The molecule has 2 rings (SSSR count). The minimum absolute atomic E-state index is 0.542. The van der Waals surface area contributed by atoms with E-state index in [-0.39, 0.29) is 0 Å². The Bertz CT molecular complexity index is 494. The molecule has 0 saturated carbocycles. The Hall–Kier alpha value is -1.62. The molecule has 0 fully saturated rings. The Morgan fingerprint density at radius 2 is 2.06 bits per heavy atom. The summed E-state index contributed by atoms with van der Waals surface area (Å²) in [5.74, 6) is 0. The lowest BCUT2D eigenvalue weighted by atomic mass is 10.2. The predicted molar refractivity (Wildman–Crippen MR) is 61.9 cm³/mol. The summed E-state index contributed by atoms with van der Waals surface area (Å²) < 4.78 is 3.75. The molecule has 0 atom stereocenters. The van der Waals surface area contributed by atoms with Crippen LogP contribution in [0.15, 0.2) is 12.3 Å². The first-order valence-electron chi connectivity index (χ1n) is 5.33. The molecule has 0 amide bonds. The SMILES string of the molecule is Cc1nn(Cc2ccn(C)n2)c(C)c1CN. The van der Waals surface area contributed by atoms with Crippen LogP contribution in [0.1, 0.15) is 22.6 Å². The summed E-state index contributed by atoms with van der Waals surface area (Å²) in [6, 6.07) is 2.00. The van der Waals surface area contributed by atoms with E-state index in [0.29, 0.717) is 13.1 Å². The van der Waals surface area contributed by atoms with Crippen molar-refractivity contribution < 1.29 is 0 Å². The first-order valence-corrected chi connectivity index (χ1v) is 5.33. The van der Waals surface area contributed by atoms with Crippen LogP contribution in [0.4, 0.5) is 0 Å². The van der Waals surface area contributed by atoms with Gasteiger partial charge in [0.2, 0.25) is 0 Å². The Morgan fingerprint density at radius 1 is 1.31 bits per heavy atom. The van der Waals surface area contributed by atoms with Gasteiger partial charge in [-0.2, -0.15) is 10.2 Å². The standard InChI is InChI=1S/C11H17N5/c1-8-11(6-12)9(2)16(13-8)7-10-4-5-15(3)14-10/h4-5H,6-7,12H2,1-3H3. The maximum atomic E-state index is 5.69. The van der Waals surface area contributed by atoms with E-state index in [2.05, 4.69) is 10.2 Å². The highest BCUT2D eigenvalue weighted by Crippen LogP contribution is 2.13. The Balaban J connectivity index is 2.28. The Labute approximate surface area is 94.9 Å². The zero-order valence-corrected chi connectivity index (χ0v) is 9.94. The molecule has 0 saturated heterocycles. The highest BCUT2D eigenvalue weighted by molar-refractivity contribution is 5.24. The molecule has 0 aliphatic rings. The van der Waals surface area contributed by atoms with Crippen LogP contribution in [0.5, 0.6) is 0 Å². The number of nitrogens with two attached hydrogens (primary N) is 1. The lowest BCUT2D eigenvalue weighted by Gasteiger charge is -2.02. The van der Waals surface area contributed by atoms with E-state index < -0.39 is 0 Å². The van der Waals surface area contributed by atoms with Crippen molar-refractivity contribution in [2.24, 2.45) is 12.8 Å². The van der Waals surface area contributed by atoms with Crippen molar-refractivity contribution in [3.05, 3.63) is 34.9 Å². The van der Waals surface area contributed by atoms with E-state index in [1.165, 1.54) is 0 Å². The number of hydrogen-bond acceptors (Lipinski definition) is 3. The summed E-state index contributed by atoms with van der Waals surface area (Å²) in [7, 11) is 1.91. The Kier molecular flexibility index (Phi) is 2.78. The molecule has 0 aromatic carbocycles. The van der Waals surface area contributed by atoms with Gasteiger partial charge in [0.05, 0.1) is 17.9 Å². The van der Waals surface area contributed by atoms with Crippen molar-refractivity contribution in [2.45, 2.75) is 26.9 Å². The molecule has 16 heavy (non-hydrogen) atoms. The average molecular weight is 219 g/mol. The molecule has 0 radical (unpaired) electrons. The molecule has 2 heterocycles. The first kappa shape index (κ1) is 10.9. The minimum atomic E-state index is 0.542. The smallest absolute Gasteiger partial charge is 0.0853 e. The van der Waals surface area contributed by atoms with Crippen molar-refractivity contribution >= 4 is 0 Å². The second kappa shape index (κ2) is 4.09. The molecule has 2 N–H and O–H groups in total. The second-order valence-corrected chi connectivity index (χ2v) is 3.99. The zero-order valence-electron chi connectivity index (χ0n) is 9.94. The van der Waals surface area contributed by atoms with E-state index in [0.717, 1.165) is 22.6 Å². The van der Waals surface area contributed by atoms with Gasteiger partial charge in [0, 0.05) is 31.0 Å². The predicted octanol–water partition coefficient (Wildman–Crippen LogP) is 0.740. The van der Waals surface area contributed by atoms with Crippen LogP contribution in [-0.2, 0) is 20.1 Å². The maximum absolute atomic E-state index is 5.69. The van der Waals surface area contributed by atoms with Gasteiger partial charge in [0.25, 0.3) is 0 Å². The Morgan fingerprint density at radius 3 is 2.56 bits per heavy atom. The van der Waals surface area contributed by atoms with Gasteiger partial charge in [0.15, 0.2) is 0 Å². The molecule has 0 aliphatic heterocycles. The van der Waals surface area contributed by atoms with Gasteiger partial charge in [-0.15, -0.1) is 0 Å². The molecule has 5 heteroatoms. The number of aryl methyl sites for hydroxylation is 2. The first-order chi connectivity index (χ1) is 7.61. The van der Waals surface area contributed by atoms with Gasteiger partial charge in [-0.3, -0.25) is 9.36 Å². The molecule has 86 valence electrons. The van der Waals surface area contributed by atoms with Crippen LogP contribution in [-0.4, -0.2) is 19.6 Å². The van der Waals surface area contributed by atoms with E-state index >= 15 is 0 Å². The number of rotatable bonds is 3. The largest absolute Gasteiger partial charge is 0.326 e. The van der Waals surface area contributed by atoms with Crippen molar-refractivity contribution in [2.75, 3.05) is 0 Å². The monoisotopic (exact) mass is 219 g/mol. The number of nitrogens with zero attached hydrogens (tertiary/aromatic N) is 4. The molecule has 5 nitrogen and oxygen atoms in total. The van der Waals surface area contributed by atoms with E-state index in [9.17, 15) is 0 Å². The summed E-state index contributed by atoms with van der Waals surface area (Å²) >= 11 is 0. The normalized spacial score (nSPS) is 11.0. The fourth-order valence-corrected chi connectivity index (χ4v) is 1.88. The summed E-state index contributed by atoms with van der Waals surface area (Å²) in [5.41, 5.74) is 9.98. The van der Waals surface area contributed by atoms with Crippen molar-refractivity contribution in [1.82, 2.24) is 19.6 Å². The molecule has 0 bridgehead atoms. The molecule has 0 spiro atoms. The third-order valence-electron chi connectivity index (χ3n) is 2.82. The van der Waals surface area contributed by atoms with Crippen LogP contribution in [0, 0.1) is 13.8 Å². The van der Waals surface area contributed by atoms with E-state index in [4.69, 9.17) is 5.73 Å². The van der Waals surface area contributed by atoms with E-state index in [1.54, 1.807) is 4.68 Å². The van der Waals surface area contributed by atoms with Gasteiger partial charge in [-0.1, -0.05) is 0 Å². The fourth-order valence-electron chi connectivity index (χ4n) is 1.88. The summed E-state index contributed by atoms with van der Waals surface area (Å²) in [6.07, 6.45) is 1.94. The van der Waals surface area contributed by atoms with Crippen molar-refractivity contribution in [3.8, 4) is 0 Å². The van der Waals surface area contributed by atoms with Crippen LogP contribution >= 0.6 is 0 Å². The maximum Gasteiger partial charge on any atom is 0.0853 e. The summed E-state index contributed by atoms with van der Waals surface area (Å²) in [5, 5.41) is 8.81. The topological polar surface area (TPSA) is 61.7 Å². The third kappa shape index (κ3) is 1.86. The molecular formula is C11H17N5. The highest BCUT2D eigenvalue weighted by atomic mass is 15.3. The minimum Gasteiger partial charge on any atom is -0.326 e. The molecule has 0 unspecified atom stereocenters. The quantitative estimate of drug-likeness (QED) is 0.828. The van der Waals surface area contributed by atoms with Crippen molar-refractivity contribution in [3.63, 3.8) is 0 Å². The van der Waals surface area contributed by atoms with Gasteiger partial charge in [-0.05, 0) is 19.9 Å². The van der Waals surface area contributed by atoms with Crippen LogP contribution < -0.4 is 5.73 Å².